The smallest absolute Gasteiger partial charge is 0.235 e. The summed E-state index contributed by atoms with van der Waals surface area (Å²) in [5.74, 6) is 0.640. The zero-order valence-corrected chi connectivity index (χ0v) is 33.4. The molecule has 0 fully saturated rings. The van der Waals surface area contributed by atoms with E-state index < -0.39 is 0 Å². The van der Waals surface area contributed by atoms with E-state index in [4.69, 9.17) is 9.97 Å². The Morgan fingerprint density at radius 3 is 1.55 bits per heavy atom. The molecule has 0 spiro atoms. The Hall–Kier alpha value is -8.34. The molecule has 3 heterocycles. The fourth-order valence-corrected chi connectivity index (χ4v) is 10.8. The second kappa shape index (κ2) is 12.6. The highest BCUT2D eigenvalue weighted by Gasteiger charge is 2.27. The van der Waals surface area contributed by atoms with Crippen LogP contribution in [0, 0.1) is 0 Å². The minimum atomic E-state index is 0.640. The Balaban J connectivity index is 1.26. The maximum Gasteiger partial charge on any atom is 0.235 e. The molecule has 11 aromatic carbocycles. The van der Waals surface area contributed by atoms with Crippen LogP contribution in [0.3, 0.4) is 0 Å². The minimum absolute atomic E-state index is 0.640. The molecule has 0 N–H and O–H groups in total. The van der Waals surface area contributed by atoms with Crippen LogP contribution in [0.5, 0.6) is 0 Å². The van der Waals surface area contributed by atoms with Gasteiger partial charge in [0.15, 0.2) is 0 Å². The first-order chi connectivity index (χ1) is 30.8. The van der Waals surface area contributed by atoms with Crippen molar-refractivity contribution in [1.82, 2.24) is 19.1 Å². The zero-order chi connectivity index (χ0) is 40.5. The lowest BCUT2D eigenvalue weighted by Gasteiger charge is -2.17. The van der Waals surface area contributed by atoms with Gasteiger partial charge in [0.1, 0.15) is 0 Å². The largest absolute Gasteiger partial charge is 0.306 e. The van der Waals surface area contributed by atoms with Gasteiger partial charge in [0.2, 0.25) is 5.95 Å². The van der Waals surface area contributed by atoms with Crippen LogP contribution in [-0.2, 0) is 0 Å². The Kier molecular flexibility index (Phi) is 6.80. The molecule has 0 amide bonds. The molecule has 0 aliphatic heterocycles. The standard InChI is InChI=1S/C58H34N4/c1-3-18-36(19-4-1)54-52-38-22-8-7-17-35(38)31-34-48(52)59-58(60-54)62-49-30-16-15-25-41(49)46-32-33-47-51-45-29-14-13-28-44(45)50-42-26-11-9-23-39(42)40-24-10-12-27-43(40)53(50)57(51)61(56(47)55(46)62)37-20-5-2-6-21-37/h1-34H. The lowest BCUT2D eigenvalue weighted by atomic mass is 9.89. The van der Waals surface area contributed by atoms with Gasteiger partial charge in [-0.25, -0.2) is 9.97 Å². The zero-order valence-electron chi connectivity index (χ0n) is 33.4. The molecule has 286 valence electrons. The van der Waals surface area contributed by atoms with Crippen LogP contribution in [0.4, 0.5) is 0 Å². The molecule has 3 aromatic heterocycles. The summed E-state index contributed by atoms with van der Waals surface area (Å²) in [7, 11) is 0. The Bertz CT molecular complexity index is 4200. The van der Waals surface area contributed by atoms with Crippen LogP contribution in [0.25, 0.3) is 131 Å². The fourth-order valence-electron chi connectivity index (χ4n) is 10.8. The van der Waals surface area contributed by atoms with Crippen molar-refractivity contribution in [2.75, 3.05) is 0 Å². The summed E-state index contributed by atoms with van der Waals surface area (Å²) < 4.78 is 4.88. The van der Waals surface area contributed by atoms with Crippen molar-refractivity contribution in [3.8, 4) is 22.9 Å². The van der Waals surface area contributed by atoms with E-state index in [0.717, 1.165) is 60.6 Å². The van der Waals surface area contributed by atoms with Crippen LogP contribution in [0.2, 0.25) is 0 Å². The number of fused-ring (bicyclic) bond motifs is 20. The highest BCUT2D eigenvalue weighted by atomic mass is 15.2. The van der Waals surface area contributed by atoms with E-state index in [1.807, 2.05) is 0 Å². The first-order valence-electron chi connectivity index (χ1n) is 21.3. The van der Waals surface area contributed by atoms with Crippen molar-refractivity contribution < 1.29 is 0 Å². The summed E-state index contributed by atoms with van der Waals surface area (Å²) in [5, 5.41) is 18.1. The number of aromatic nitrogens is 4. The summed E-state index contributed by atoms with van der Waals surface area (Å²) in [6.07, 6.45) is 0. The topological polar surface area (TPSA) is 35.6 Å². The normalized spacial score (nSPS) is 12.2. The van der Waals surface area contributed by atoms with Gasteiger partial charge in [-0.1, -0.05) is 182 Å². The number of nitrogens with zero attached hydrogens (tertiary/aromatic N) is 4. The van der Waals surface area contributed by atoms with Crippen LogP contribution in [-0.4, -0.2) is 19.1 Å². The molecular formula is C58H34N4. The summed E-state index contributed by atoms with van der Waals surface area (Å²) in [6, 6.07) is 74.7. The van der Waals surface area contributed by atoms with Crippen LogP contribution in [0.1, 0.15) is 0 Å². The first-order valence-corrected chi connectivity index (χ1v) is 21.3. The molecule has 0 unspecified atom stereocenters. The monoisotopic (exact) mass is 786 g/mol. The summed E-state index contributed by atoms with van der Waals surface area (Å²) in [6.45, 7) is 0. The molecule has 14 rings (SSSR count). The van der Waals surface area contributed by atoms with Gasteiger partial charge < -0.3 is 4.57 Å². The lowest BCUT2D eigenvalue weighted by Crippen LogP contribution is -2.05. The molecule has 0 saturated heterocycles. The van der Waals surface area contributed by atoms with Crippen LogP contribution >= 0.6 is 0 Å². The minimum Gasteiger partial charge on any atom is -0.306 e. The second-order valence-corrected chi connectivity index (χ2v) is 16.4. The van der Waals surface area contributed by atoms with E-state index in [-0.39, 0.29) is 0 Å². The summed E-state index contributed by atoms with van der Waals surface area (Å²) >= 11 is 0. The molecule has 4 nitrogen and oxygen atoms in total. The molecule has 0 saturated carbocycles. The maximum atomic E-state index is 5.64. The van der Waals surface area contributed by atoms with Crippen molar-refractivity contribution in [3.63, 3.8) is 0 Å². The van der Waals surface area contributed by atoms with Crippen molar-refractivity contribution in [3.05, 3.63) is 206 Å². The molecular weight excluding hydrogens is 753 g/mol. The van der Waals surface area contributed by atoms with Gasteiger partial charge in [0.05, 0.1) is 33.3 Å². The van der Waals surface area contributed by atoms with Gasteiger partial charge in [-0.15, -0.1) is 0 Å². The highest BCUT2D eigenvalue weighted by molar-refractivity contribution is 6.43. The Morgan fingerprint density at radius 2 is 0.823 bits per heavy atom. The van der Waals surface area contributed by atoms with E-state index in [1.165, 1.54) is 64.8 Å². The number of hydrogen-bond acceptors (Lipinski definition) is 2. The summed E-state index contributed by atoms with van der Waals surface area (Å²) in [5.41, 5.74) is 8.43. The van der Waals surface area contributed by atoms with Gasteiger partial charge in [0.25, 0.3) is 0 Å². The third-order valence-electron chi connectivity index (χ3n) is 13.2. The number of hydrogen-bond donors (Lipinski definition) is 0. The van der Waals surface area contributed by atoms with Gasteiger partial charge in [0, 0.05) is 49.0 Å². The van der Waals surface area contributed by atoms with E-state index in [9.17, 15) is 0 Å². The maximum absolute atomic E-state index is 5.64. The predicted octanol–water partition coefficient (Wildman–Crippen LogP) is 15.3. The predicted molar refractivity (Wildman–Crippen MR) is 261 cm³/mol. The molecule has 0 aliphatic carbocycles. The molecule has 62 heavy (non-hydrogen) atoms. The SMILES string of the molecule is c1ccc(-c2nc(-n3c4ccccc4c4ccc5c6c7ccccc7c7c8ccccc8c8ccccc8c7c6n(-c6ccccc6)c5c43)nc3ccc4ccccc4c23)cc1. The van der Waals surface area contributed by atoms with Crippen molar-refractivity contribution in [2.24, 2.45) is 0 Å². The second-order valence-electron chi connectivity index (χ2n) is 16.4. The van der Waals surface area contributed by atoms with E-state index in [0.29, 0.717) is 5.95 Å². The van der Waals surface area contributed by atoms with Gasteiger partial charge in [-0.2, -0.15) is 0 Å². The van der Waals surface area contributed by atoms with Gasteiger partial charge in [-0.05, 0) is 67.4 Å². The van der Waals surface area contributed by atoms with Crippen LogP contribution < -0.4 is 0 Å². The molecule has 0 aliphatic rings. The van der Waals surface area contributed by atoms with Gasteiger partial charge in [-0.3, -0.25) is 4.57 Å². The molecule has 0 bridgehead atoms. The first kappa shape index (κ1) is 33.5. The third-order valence-corrected chi connectivity index (χ3v) is 13.2. The number of rotatable bonds is 3. The average molecular weight is 787 g/mol. The molecule has 4 heteroatoms. The molecule has 14 aromatic rings. The van der Waals surface area contributed by atoms with E-state index in [1.54, 1.807) is 0 Å². The Morgan fingerprint density at radius 1 is 0.290 bits per heavy atom. The van der Waals surface area contributed by atoms with Crippen molar-refractivity contribution in [2.45, 2.75) is 0 Å². The Labute approximate surface area is 355 Å². The number of benzene rings is 11. The van der Waals surface area contributed by atoms with Crippen molar-refractivity contribution >= 4 is 108 Å². The van der Waals surface area contributed by atoms with Crippen LogP contribution in [0.15, 0.2) is 206 Å². The lowest BCUT2D eigenvalue weighted by molar-refractivity contribution is 1.01. The molecule has 0 atom stereocenters. The fraction of sp³-hybridized carbons (Fsp3) is 0. The number of para-hydroxylation sites is 2. The quantitative estimate of drug-likeness (QED) is 0.167. The average Bonchev–Trinajstić information content (AvgIpc) is 3.88. The summed E-state index contributed by atoms with van der Waals surface area (Å²) in [4.78, 5) is 11.2. The molecule has 0 radical (unpaired) electrons. The highest BCUT2D eigenvalue weighted by Crippen LogP contribution is 2.50. The third kappa shape index (κ3) is 4.45. The van der Waals surface area contributed by atoms with Crippen molar-refractivity contribution in [1.29, 1.82) is 0 Å². The van der Waals surface area contributed by atoms with E-state index in [2.05, 4.69) is 215 Å². The van der Waals surface area contributed by atoms with E-state index >= 15 is 0 Å². The van der Waals surface area contributed by atoms with Gasteiger partial charge >= 0.3 is 0 Å².